The third-order valence-corrected chi connectivity index (χ3v) is 3.42. The zero-order valence-corrected chi connectivity index (χ0v) is 11.4. The number of hydrogen-bond acceptors (Lipinski definition) is 1. The molecule has 0 aromatic heterocycles. The maximum atomic E-state index is 12.4. The van der Waals surface area contributed by atoms with Crippen molar-refractivity contribution < 1.29 is 4.79 Å². The van der Waals surface area contributed by atoms with Crippen molar-refractivity contribution in [3.05, 3.63) is 0 Å². The smallest absolute Gasteiger partial charge is 0.228 e. The molecular weight excluding hydrogens is 198 g/mol. The van der Waals surface area contributed by atoms with Crippen LogP contribution in [0.1, 0.15) is 68.7 Å². The molecule has 0 bridgehead atoms. The van der Waals surface area contributed by atoms with Crippen LogP contribution < -0.4 is 0 Å². The normalized spacial score (nSPS) is 11.6. The van der Waals surface area contributed by atoms with Gasteiger partial charge in [0.15, 0.2) is 0 Å². The van der Waals surface area contributed by atoms with Gasteiger partial charge in [-0.05, 0) is 40.5 Å². The number of nitrogens with zero attached hydrogens (tertiary/aromatic N) is 1. The van der Waals surface area contributed by atoms with Crippen LogP contribution in [0.25, 0.3) is 0 Å². The number of rotatable bonds is 5. The minimum Gasteiger partial charge on any atom is -0.337 e. The van der Waals surface area contributed by atoms with E-state index in [0.717, 1.165) is 12.8 Å². The van der Waals surface area contributed by atoms with Crippen LogP contribution in [0.15, 0.2) is 0 Å². The van der Waals surface area contributed by atoms with E-state index >= 15 is 0 Å². The van der Waals surface area contributed by atoms with Gasteiger partial charge in [0.25, 0.3) is 0 Å². The van der Waals surface area contributed by atoms with Crippen LogP contribution in [-0.4, -0.2) is 22.9 Å². The van der Waals surface area contributed by atoms with Crippen molar-refractivity contribution >= 4 is 5.91 Å². The summed E-state index contributed by atoms with van der Waals surface area (Å²) in [5, 5.41) is 0. The highest BCUT2D eigenvalue weighted by molar-refractivity contribution is 5.82. The molecule has 0 fully saturated rings. The van der Waals surface area contributed by atoms with Gasteiger partial charge in [-0.15, -0.1) is 0 Å². The quantitative estimate of drug-likeness (QED) is 0.695. The highest BCUT2D eigenvalue weighted by Crippen LogP contribution is 2.29. The molecule has 0 N–H and O–H groups in total. The van der Waals surface area contributed by atoms with E-state index in [-0.39, 0.29) is 24.9 Å². The van der Waals surface area contributed by atoms with E-state index in [9.17, 15) is 4.79 Å². The molecule has 0 aromatic carbocycles. The first kappa shape index (κ1) is 17.9. The van der Waals surface area contributed by atoms with Gasteiger partial charge in [0.05, 0.1) is 0 Å². The Balaban J connectivity index is 0. The molecular formula is C14H31NO. The molecule has 0 aromatic rings. The molecule has 2 heteroatoms. The molecule has 1 amide bonds. The fourth-order valence-corrected chi connectivity index (χ4v) is 1.93. The molecule has 0 heterocycles. The van der Waals surface area contributed by atoms with E-state index in [0.29, 0.717) is 5.91 Å². The molecule has 0 radical (unpaired) electrons. The van der Waals surface area contributed by atoms with Crippen molar-refractivity contribution in [3.63, 3.8) is 0 Å². The zero-order chi connectivity index (χ0) is 12.2. The first-order chi connectivity index (χ1) is 6.80. The average molecular weight is 229 g/mol. The molecule has 0 spiro atoms. The van der Waals surface area contributed by atoms with Gasteiger partial charge in [-0.1, -0.05) is 28.2 Å². The molecule has 0 atom stereocenters. The van der Waals surface area contributed by atoms with E-state index in [1.807, 2.05) is 4.90 Å². The van der Waals surface area contributed by atoms with Crippen molar-refractivity contribution in [3.8, 4) is 0 Å². The molecule has 98 valence electrons. The highest BCUT2D eigenvalue weighted by atomic mass is 16.2. The number of amides is 1. The van der Waals surface area contributed by atoms with Crippen LogP contribution in [0.5, 0.6) is 0 Å². The van der Waals surface area contributed by atoms with Gasteiger partial charge in [0.2, 0.25) is 5.91 Å². The summed E-state index contributed by atoms with van der Waals surface area (Å²) in [7, 11) is 0. The summed E-state index contributed by atoms with van der Waals surface area (Å²) >= 11 is 0. The van der Waals surface area contributed by atoms with E-state index in [4.69, 9.17) is 0 Å². The Bertz CT molecular complexity index is 197. The Morgan fingerprint density at radius 2 is 1.38 bits per heavy atom. The van der Waals surface area contributed by atoms with Crippen LogP contribution in [0.4, 0.5) is 0 Å². The van der Waals surface area contributed by atoms with Crippen molar-refractivity contribution in [1.82, 2.24) is 4.90 Å². The standard InChI is InChI=1S/C13H27NO.CH4/c1-8-13(7,9-2)12(15)14(10(3)4)11(5)6;/h10-11H,8-9H2,1-7H3;1H4. The van der Waals surface area contributed by atoms with Gasteiger partial charge < -0.3 is 4.90 Å². The largest absolute Gasteiger partial charge is 0.337 e. The molecule has 0 aliphatic carbocycles. The second-order valence-electron chi connectivity index (χ2n) is 5.17. The molecule has 2 nitrogen and oxygen atoms in total. The van der Waals surface area contributed by atoms with E-state index in [2.05, 4.69) is 48.5 Å². The summed E-state index contributed by atoms with van der Waals surface area (Å²) < 4.78 is 0. The lowest BCUT2D eigenvalue weighted by molar-refractivity contribution is -0.145. The predicted molar refractivity (Wildman–Crippen MR) is 72.5 cm³/mol. The minimum atomic E-state index is -0.186. The van der Waals surface area contributed by atoms with Crippen LogP contribution in [-0.2, 0) is 4.79 Å². The summed E-state index contributed by atoms with van der Waals surface area (Å²) in [5.74, 6) is 0.303. The summed E-state index contributed by atoms with van der Waals surface area (Å²) in [6.45, 7) is 14.6. The molecule has 0 aliphatic heterocycles. The Labute approximate surface area is 102 Å². The average Bonchev–Trinajstić information content (AvgIpc) is 2.15. The van der Waals surface area contributed by atoms with E-state index < -0.39 is 0 Å². The van der Waals surface area contributed by atoms with Gasteiger partial charge >= 0.3 is 0 Å². The van der Waals surface area contributed by atoms with Crippen LogP contribution in [0.2, 0.25) is 0 Å². The Hall–Kier alpha value is -0.530. The van der Waals surface area contributed by atoms with Gasteiger partial charge in [0, 0.05) is 17.5 Å². The van der Waals surface area contributed by atoms with Crippen LogP contribution >= 0.6 is 0 Å². The number of carbonyl (C=O) groups excluding carboxylic acids is 1. The fourth-order valence-electron chi connectivity index (χ4n) is 1.93. The first-order valence-electron chi connectivity index (χ1n) is 6.12. The molecule has 0 saturated heterocycles. The lowest BCUT2D eigenvalue weighted by atomic mass is 9.82. The summed E-state index contributed by atoms with van der Waals surface area (Å²) in [6.07, 6.45) is 1.83. The molecule has 0 rings (SSSR count). The lowest BCUT2D eigenvalue weighted by Gasteiger charge is -2.38. The van der Waals surface area contributed by atoms with Gasteiger partial charge in [-0.2, -0.15) is 0 Å². The topological polar surface area (TPSA) is 20.3 Å². The minimum absolute atomic E-state index is 0. The molecule has 16 heavy (non-hydrogen) atoms. The predicted octanol–water partition coefficient (Wildman–Crippen LogP) is 4.09. The maximum Gasteiger partial charge on any atom is 0.228 e. The number of hydrogen-bond donors (Lipinski definition) is 0. The van der Waals surface area contributed by atoms with Crippen LogP contribution in [0, 0.1) is 5.41 Å². The van der Waals surface area contributed by atoms with Gasteiger partial charge in [-0.3, -0.25) is 4.79 Å². The molecule has 0 unspecified atom stereocenters. The number of carbonyl (C=O) groups is 1. The Morgan fingerprint density at radius 1 is 1.06 bits per heavy atom. The summed E-state index contributed by atoms with van der Waals surface area (Å²) in [5.41, 5.74) is -0.186. The van der Waals surface area contributed by atoms with Crippen molar-refractivity contribution in [1.29, 1.82) is 0 Å². The maximum absolute atomic E-state index is 12.4. The second-order valence-corrected chi connectivity index (χ2v) is 5.17. The summed E-state index contributed by atoms with van der Waals surface area (Å²) in [4.78, 5) is 14.4. The van der Waals surface area contributed by atoms with Crippen LogP contribution in [0.3, 0.4) is 0 Å². The Morgan fingerprint density at radius 3 is 1.56 bits per heavy atom. The summed E-state index contributed by atoms with van der Waals surface area (Å²) in [6, 6.07) is 0.574. The van der Waals surface area contributed by atoms with Crippen molar-refractivity contribution in [2.24, 2.45) is 5.41 Å². The van der Waals surface area contributed by atoms with Gasteiger partial charge in [-0.25, -0.2) is 0 Å². The Kier molecular flexibility index (Phi) is 7.73. The second kappa shape index (κ2) is 6.93. The van der Waals surface area contributed by atoms with E-state index in [1.54, 1.807) is 0 Å². The monoisotopic (exact) mass is 229 g/mol. The SMILES string of the molecule is C.CCC(C)(CC)C(=O)N(C(C)C)C(C)C. The highest BCUT2D eigenvalue weighted by Gasteiger charge is 2.35. The third-order valence-electron chi connectivity index (χ3n) is 3.42. The molecule has 0 saturated carbocycles. The first-order valence-corrected chi connectivity index (χ1v) is 6.12. The lowest BCUT2D eigenvalue weighted by Crippen LogP contribution is -2.49. The van der Waals surface area contributed by atoms with Crippen molar-refractivity contribution in [2.75, 3.05) is 0 Å². The van der Waals surface area contributed by atoms with E-state index in [1.165, 1.54) is 0 Å². The third kappa shape index (κ3) is 3.80. The molecule has 0 aliphatic rings. The van der Waals surface area contributed by atoms with Crippen molar-refractivity contribution in [2.45, 2.75) is 80.8 Å². The van der Waals surface area contributed by atoms with Gasteiger partial charge in [0.1, 0.15) is 0 Å². The fraction of sp³-hybridized carbons (Fsp3) is 0.929. The zero-order valence-electron chi connectivity index (χ0n) is 11.4.